The molecule has 0 saturated carbocycles. The average Bonchev–Trinajstić information content (AvgIpc) is 3.15. The Bertz CT molecular complexity index is 1580. The van der Waals surface area contributed by atoms with Crippen molar-refractivity contribution in [2.24, 2.45) is 0 Å². The Kier molecular flexibility index (Phi) is 5.07. The molecular weight excluding hydrogens is 440 g/mol. The van der Waals surface area contributed by atoms with Crippen LogP contribution in [0.4, 0.5) is 5.82 Å². The number of anilines is 1. The Labute approximate surface area is 193 Å². The fourth-order valence-corrected chi connectivity index (χ4v) is 4.28. The maximum absolute atomic E-state index is 13.5. The zero-order valence-corrected chi connectivity index (χ0v) is 18.4. The van der Waals surface area contributed by atoms with E-state index in [-0.39, 0.29) is 16.9 Å². The average molecular weight is 460 g/mol. The minimum atomic E-state index is -0.535. The molecule has 33 heavy (non-hydrogen) atoms. The SMILES string of the molecule is CC(NC(=O)c1c(N)[nH][n+]2cccnc12)c1cc2cccc(Cl)c2c(=O)n1-c1ccccc1. The molecule has 2 aromatic carbocycles. The van der Waals surface area contributed by atoms with Crippen LogP contribution in [-0.2, 0) is 0 Å². The Morgan fingerprint density at radius 3 is 2.76 bits per heavy atom. The highest BCUT2D eigenvalue weighted by atomic mass is 35.5. The van der Waals surface area contributed by atoms with Gasteiger partial charge in [0.15, 0.2) is 11.4 Å². The Hall–Kier alpha value is -4.17. The number of carbonyl (C=O) groups is 1. The second-order valence-corrected chi connectivity index (χ2v) is 8.07. The van der Waals surface area contributed by atoms with Gasteiger partial charge >= 0.3 is 5.65 Å². The number of hydrogen-bond donors (Lipinski definition) is 3. The molecule has 0 radical (unpaired) electrons. The predicted octanol–water partition coefficient (Wildman–Crippen LogP) is 3.18. The van der Waals surface area contributed by atoms with Crippen molar-refractivity contribution >= 4 is 39.7 Å². The van der Waals surface area contributed by atoms with Crippen LogP contribution in [0.2, 0.25) is 5.02 Å². The van der Waals surface area contributed by atoms with Gasteiger partial charge in [0.2, 0.25) is 0 Å². The normalized spacial score (nSPS) is 12.2. The number of rotatable bonds is 4. The van der Waals surface area contributed by atoms with Crippen molar-refractivity contribution in [2.45, 2.75) is 13.0 Å². The monoisotopic (exact) mass is 459 g/mol. The Balaban J connectivity index is 1.64. The summed E-state index contributed by atoms with van der Waals surface area (Å²) in [4.78, 5) is 31.0. The van der Waals surface area contributed by atoms with Crippen molar-refractivity contribution in [3.63, 3.8) is 0 Å². The molecule has 0 aliphatic carbocycles. The molecule has 0 aliphatic heterocycles. The summed E-state index contributed by atoms with van der Waals surface area (Å²) in [5.41, 5.74) is 7.72. The van der Waals surface area contributed by atoms with E-state index in [9.17, 15) is 9.59 Å². The summed E-state index contributed by atoms with van der Waals surface area (Å²) in [7, 11) is 0. The fraction of sp³-hybridized carbons (Fsp3) is 0.0833. The summed E-state index contributed by atoms with van der Waals surface area (Å²) in [6, 6.07) is 17.6. The summed E-state index contributed by atoms with van der Waals surface area (Å²) >= 11 is 6.37. The number of nitrogens with two attached hydrogens (primary N) is 1. The van der Waals surface area contributed by atoms with E-state index in [0.29, 0.717) is 32.8 Å². The zero-order chi connectivity index (χ0) is 23.1. The van der Waals surface area contributed by atoms with Gasteiger partial charge < -0.3 is 11.1 Å². The van der Waals surface area contributed by atoms with E-state index in [1.165, 1.54) is 0 Å². The minimum Gasteiger partial charge on any atom is -0.382 e. The molecule has 5 aromatic rings. The van der Waals surface area contributed by atoms with Crippen LogP contribution in [0, 0.1) is 0 Å². The molecule has 4 N–H and O–H groups in total. The van der Waals surface area contributed by atoms with E-state index in [2.05, 4.69) is 15.4 Å². The van der Waals surface area contributed by atoms with Crippen LogP contribution in [0.1, 0.15) is 29.0 Å². The third-order valence-electron chi connectivity index (χ3n) is 5.54. The van der Waals surface area contributed by atoms with E-state index >= 15 is 0 Å². The molecule has 1 amide bonds. The van der Waals surface area contributed by atoms with Gasteiger partial charge in [0.25, 0.3) is 11.5 Å². The third-order valence-corrected chi connectivity index (χ3v) is 5.85. The number of benzene rings is 2. The standard InChI is InChI=1S/C24H19ClN6O2/c1-14(28-23(32)20-21(26)29-30-12-6-11-27-22(20)30)18-13-15-7-5-10-17(25)19(15)24(33)31(18)16-8-3-2-4-9-16/h2-14H,1H3,(H3,26,28,29,32)/p+1. The Morgan fingerprint density at radius 1 is 1.18 bits per heavy atom. The minimum absolute atomic E-state index is 0.198. The van der Waals surface area contributed by atoms with Crippen molar-refractivity contribution in [1.82, 2.24) is 20.0 Å². The number of carbonyl (C=O) groups excluding carboxylic acids is 1. The number of aromatic amines is 1. The highest BCUT2D eigenvalue weighted by molar-refractivity contribution is 6.35. The second kappa shape index (κ2) is 8.07. The number of pyridine rings is 1. The number of amides is 1. The largest absolute Gasteiger partial charge is 0.382 e. The van der Waals surface area contributed by atoms with E-state index in [1.807, 2.05) is 49.4 Å². The number of aromatic nitrogens is 4. The quantitative estimate of drug-likeness (QED) is 0.358. The van der Waals surface area contributed by atoms with Gasteiger partial charge in [0.1, 0.15) is 12.4 Å². The van der Waals surface area contributed by atoms with Crippen molar-refractivity contribution in [3.05, 3.63) is 99.7 Å². The smallest absolute Gasteiger partial charge is 0.362 e. The molecule has 5 rings (SSSR count). The predicted molar refractivity (Wildman–Crippen MR) is 127 cm³/mol. The molecule has 0 saturated heterocycles. The van der Waals surface area contributed by atoms with Crippen molar-refractivity contribution in [3.8, 4) is 5.69 Å². The van der Waals surface area contributed by atoms with Crippen LogP contribution in [0.3, 0.4) is 0 Å². The lowest BCUT2D eigenvalue weighted by molar-refractivity contribution is -0.577. The van der Waals surface area contributed by atoms with E-state index in [4.69, 9.17) is 17.3 Å². The van der Waals surface area contributed by atoms with Gasteiger partial charge in [0, 0.05) is 17.4 Å². The zero-order valence-electron chi connectivity index (χ0n) is 17.6. The maximum atomic E-state index is 13.5. The third kappa shape index (κ3) is 3.50. The van der Waals surface area contributed by atoms with Crippen molar-refractivity contribution in [1.29, 1.82) is 0 Å². The lowest BCUT2D eigenvalue weighted by Crippen LogP contribution is -2.32. The van der Waals surface area contributed by atoms with E-state index < -0.39 is 11.9 Å². The van der Waals surface area contributed by atoms with Crippen LogP contribution in [0.15, 0.2) is 77.9 Å². The fourth-order valence-electron chi connectivity index (χ4n) is 4.02. The highest BCUT2D eigenvalue weighted by Gasteiger charge is 2.27. The van der Waals surface area contributed by atoms with E-state index in [1.54, 1.807) is 39.7 Å². The molecule has 3 aromatic heterocycles. The van der Waals surface area contributed by atoms with Gasteiger partial charge in [-0.3, -0.25) is 14.2 Å². The number of nitrogens with one attached hydrogen (secondary N) is 2. The van der Waals surface area contributed by atoms with Crippen LogP contribution in [-0.4, -0.2) is 20.6 Å². The molecule has 1 atom stereocenters. The van der Waals surface area contributed by atoms with Crippen LogP contribution in [0.5, 0.6) is 0 Å². The van der Waals surface area contributed by atoms with Crippen molar-refractivity contribution < 1.29 is 9.31 Å². The molecule has 9 heteroatoms. The van der Waals surface area contributed by atoms with Crippen LogP contribution < -0.4 is 21.1 Å². The first kappa shape index (κ1) is 20.7. The summed E-state index contributed by atoms with van der Waals surface area (Å²) in [6.07, 6.45) is 3.31. The number of fused-ring (bicyclic) bond motifs is 2. The molecular formula is C24H20ClN6O2+. The number of para-hydroxylation sites is 1. The Morgan fingerprint density at radius 2 is 1.97 bits per heavy atom. The van der Waals surface area contributed by atoms with Gasteiger partial charge in [-0.15, -0.1) is 4.52 Å². The van der Waals surface area contributed by atoms with E-state index in [0.717, 1.165) is 0 Å². The summed E-state index contributed by atoms with van der Waals surface area (Å²) in [5, 5.41) is 7.35. The molecule has 0 aliphatic rings. The first-order valence-corrected chi connectivity index (χ1v) is 10.7. The summed E-state index contributed by atoms with van der Waals surface area (Å²) in [5.74, 6) is -0.208. The first-order chi connectivity index (χ1) is 16.0. The molecule has 0 bridgehead atoms. The van der Waals surface area contributed by atoms with Gasteiger partial charge in [-0.2, -0.15) is 0 Å². The van der Waals surface area contributed by atoms with Gasteiger partial charge in [0.05, 0.1) is 16.5 Å². The number of hydrogen-bond acceptors (Lipinski definition) is 4. The van der Waals surface area contributed by atoms with Gasteiger partial charge in [-0.25, -0.2) is 5.10 Å². The second-order valence-electron chi connectivity index (χ2n) is 7.66. The summed E-state index contributed by atoms with van der Waals surface area (Å²) in [6.45, 7) is 1.81. The maximum Gasteiger partial charge on any atom is 0.362 e. The molecule has 8 nitrogen and oxygen atoms in total. The van der Waals surface area contributed by atoms with Gasteiger partial charge in [-0.05, 0) is 41.6 Å². The lowest BCUT2D eigenvalue weighted by atomic mass is 10.1. The number of nitrogens with zero attached hydrogens (tertiary/aromatic N) is 3. The van der Waals surface area contributed by atoms with Gasteiger partial charge in [-0.1, -0.05) is 41.9 Å². The number of halogens is 1. The number of nitrogen functional groups attached to an aromatic ring is 1. The first-order valence-electron chi connectivity index (χ1n) is 10.3. The van der Waals surface area contributed by atoms with Crippen LogP contribution in [0.25, 0.3) is 22.1 Å². The van der Waals surface area contributed by atoms with Crippen LogP contribution >= 0.6 is 11.6 Å². The lowest BCUT2D eigenvalue weighted by Gasteiger charge is -2.21. The molecule has 0 spiro atoms. The van der Waals surface area contributed by atoms with Crippen molar-refractivity contribution in [2.75, 3.05) is 5.73 Å². The highest BCUT2D eigenvalue weighted by Crippen LogP contribution is 2.26. The molecule has 0 fully saturated rings. The molecule has 1 unspecified atom stereocenters. The summed E-state index contributed by atoms with van der Waals surface area (Å²) < 4.78 is 3.15. The molecule has 3 heterocycles. The topological polar surface area (TPSA) is 110 Å². The number of H-pyrrole nitrogens is 1. The molecule has 164 valence electrons.